The number of hydrogen-bond acceptors (Lipinski definition) is 8. The van der Waals surface area contributed by atoms with Crippen molar-refractivity contribution >= 4 is 28.7 Å². The Kier molecular flexibility index (Phi) is 6.20. The summed E-state index contributed by atoms with van der Waals surface area (Å²) < 4.78 is 21.6. The highest BCUT2D eigenvalue weighted by molar-refractivity contribution is 5.99. The highest BCUT2D eigenvalue weighted by Gasteiger charge is 2.48. The second-order valence-electron chi connectivity index (χ2n) is 7.66. The van der Waals surface area contributed by atoms with E-state index in [0.29, 0.717) is 18.8 Å². The van der Waals surface area contributed by atoms with Gasteiger partial charge >= 0.3 is 11.9 Å². The van der Waals surface area contributed by atoms with Crippen molar-refractivity contribution in [1.82, 2.24) is 9.88 Å². The monoisotopic (exact) mass is 440 g/mol. The van der Waals surface area contributed by atoms with Crippen LogP contribution in [0.2, 0.25) is 0 Å². The molecule has 3 heterocycles. The fraction of sp³-hybridized carbons (Fsp3) is 0.391. The molecule has 2 aliphatic rings. The van der Waals surface area contributed by atoms with E-state index in [4.69, 9.17) is 18.9 Å². The number of para-hydroxylation sites is 1. The number of nitrogens with zero attached hydrogens (tertiary/aromatic N) is 2. The Morgan fingerprint density at radius 3 is 2.62 bits per heavy atom. The van der Waals surface area contributed by atoms with Crippen LogP contribution >= 0.6 is 0 Å². The van der Waals surface area contributed by atoms with Gasteiger partial charge in [0.15, 0.2) is 18.5 Å². The molecule has 0 saturated carbocycles. The fourth-order valence-electron chi connectivity index (χ4n) is 4.00. The van der Waals surface area contributed by atoms with E-state index in [2.05, 4.69) is 4.98 Å². The van der Waals surface area contributed by atoms with Gasteiger partial charge in [0.1, 0.15) is 11.8 Å². The summed E-state index contributed by atoms with van der Waals surface area (Å²) in [7, 11) is 1.41. The molecule has 1 amide bonds. The van der Waals surface area contributed by atoms with E-state index in [-0.39, 0.29) is 5.91 Å². The van der Waals surface area contributed by atoms with E-state index in [0.717, 1.165) is 16.5 Å². The topological polar surface area (TPSA) is 104 Å². The van der Waals surface area contributed by atoms with Crippen molar-refractivity contribution in [2.24, 2.45) is 0 Å². The Morgan fingerprint density at radius 1 is 1.19 bits per heavy atom. The predicted octanol–water partition coefficient (Wildman–Crippen LogP) is 1.98. The first-order valence-corrected chi connectivity index (χ1v) is 10.2. The Morgan fingerprint density at radius 2 is 1.91 bits per heavy atom. The van der Waals surface area contributed by atoms with E-state index in [9.17, 15) is 14.4 Å². The van der Waals surface area contributed by atoms with E-state index >= 15 is 0 Å². The van der Waals surface area contributed by atoms with Gasteiger partial charge in [0.05, 0.1) is 5.52 Å². The molecule has 168 valence electrons. The highest BCUT2D eigenvalue weighted by atomic mass is 16.7. The lowest BCUT2D eigenvalue weighted by atomic mass is 10.1. The number of ether oxygens (including phenoxy) is 4. The van der Waals surface area contributed by atoms with Crippen molar-refractivity contribution in [2.45, 2.75) is 45.0 Å². The number of amides is 1. The normalized spacial score (nSPS) is 24.8. The molecule has 1 saturated heterocycles. The molecule has 1 aromatic carbocycles. The van der Waals surface area contributed by atoms with Crippen LogP contribution in [0.15, 0.2) is 42.5 Å². The van der Waals surface area contributed by atoms with Crippen molar-refractivity contribution in [3.05, 3.63) is 53.7 Å². The molecule has 1 fully saturated rings. The Balaban J connectivity index is 1.47. The molecule has 4 rings (SSSR count). The number of carbonyl (C=O) groups is 3. The maximum atomic E-state index is 12.8. The van der Waals surface area contributed by atoms with Crippen LogP contribution in [0.1, 0.15) is 29.9 Å². The average molecular weight is 440 g/mol. The van der Waals surface area contributed by atoms with Gasteiger partial charge in [-0.05, 0) is 12.1 Å². The minimum Gasteiger partial charge on any atom is -0.455 e. The van der Waals surface area contributed by atoms with Crippen LogP contribution in [0, 0.1) is 0 Å². The van der Waals surface area contributed by atoms with Crippen LogP contribution in [-0.4, -0.2) is 66.0 Å². The molecule has 4 atom stereocenters. The molecule has 1 unspecified atom stereocenters. The number of rotatable bonds is 6. The molecule has 0 spiro atoms. The Bertz CT molecular complexity index is 1080. The standard InChI is InChI=1S/C23H24N2O7/c1-13(26)30-20-18(32-23(29-3)21(20)31-14(2)27)9-6-10-25-12-16-11-15-7-4-5-8-17(15)24-19(16)22(25)28/h4-9,11,18,20-21,23H,10,12H2,1-3H3/b9-6+/t18-,20-,21-,23?/m1/s1. The van der Waals surface area contributed by atoms with Gasteiger partial charge in [-0.25, -0.2) is 4.98 Å². The first-order chi connectivity index (χ1) is 15.4. The third-order valence-electron chi connectivity index (χ3n) is 5.35. The van der Waals surface area contributed by atoms with Crippen LogP contribution in [0.5, 0.6) is 0 Å². The van der Waals surface area contributed by atoms with Gasteiger partial charge < -0.3 is 23.8 Å². The summed E-state index contributed by atoms with van der Waals surface area (Å²) in [5, 5.41) is 0.988. The number of methoxy groups -OCH3 is 1. The second kappa shape index (κ2) is 9.05. The molecule has 0 bridgehead atoms. The first kappa shape index (κ1) is 21.9. The molecule has 0 radical (unpaired) electrons. The highest BCUT2D eigenvalue weighted by Crippen LogP contribution is 2.29. The van der Waals surface area contributed by atoms with Gasteiger partial charge in [0.2, 0.25) is 0 Å². The van der Waals surface area contributed by atoms with Gasteiger partial charge in [-0.15, -0.1) is 0 Å². The lowest BCUT2D eigenvalue weighted by Crippen LogP contribution is -2.39. The SMILES string of the molecule is COC1O[C@H](/C=C/CN2Cc3cc4ccccc4nc3C2=O)[C@@H](OC(C)=O)[C@H]1OC(C)=O. The van der Waals surface area contributed by atoms with E-state index in [1.165, 1.54) is 21.0 Å². The summed E-state index contributed by atoms with van der Waals surface area (Å²) in [6, 6.07) is 9.66. The van der Waals surface area contributed by atoms with Gasteiger partial charge in [-0.2, -0.15) is 0 Å². The van der Waals surface area contributed by atoms with Gasteiger partial charge in [-0.3, -0.25) is 14.4 Å². The number of carbonyl (C=O) groups excluding carboxylic acids is 3. The molecular weight excluding hydrogens is 416 g/mol. The average Bonchev–Trinajstić information content (AvgIpc) is 3.23. The number of fused-ring (bicyclic) bond motifs is 2. The molecule has 1 aromatic heterocycles. The van der Waals surface area contributed by atoms with Crippen LogP contribution in [0.4, 0.5) is 0 Å². The van der Waals surface area contributed by atoms with E-state index < -0.39 is 36.5 Å². The second-order valence-corrected chi connectivity index (χ2v) is 7.66. The first-order valence-electron chi connectivity index (χ1n) is 10.2. The summed E-state index contributed by atoms with van der Waals surface area (Å²) in [6.45, 7) is 3.29. The van der Waals surface area contributed by atoms with Gasteiger partial charge in [0, 0.05) is 45.0 Å². The van der Waals surface area contributed by atoms with Crippen LogP contribution in [0.25, 0.3) is 10.9 Å². The largest absolute Gasteiger partial charge is 0.455 e. The molecule has 9 heteroatoms. The molecule has 9 nitrogen and oxygen atoms in total. The summed E-state index contributed by atoms with van der Waals surface area (Å²) in [6.07, 6.45) is 0.0965. The van der Waals surface area contributed by atoms with Crippen molar-refractivity contribution < 1.29 is 33.3 Å². The number of aromatic nitrogens is 1. The lowest BCUT2D eigenvalue weighted by molar-refractivity contribution is -0.179. The molecule has 32 heavy (non-hydrogen) atoms. The minimum absolute atomic E-state index is 0.146. The Labute approximate surface area is 184 Å². The molecule has 0 N–H and O–H groups in total. The number of pyridine rings is 1. The van der Waals surface area contributed by atoms with Crippen molar-refractivity contribution in [3.8, 4) is 0 Å². The molecule has 2 aromatic rings. The third kappa shape index (κ3) is 4.35. The predicted molar refractivity (Wildman–Crippen MR) is 112 cm³/mol. The van der Waals surface area contributed by atoms with Gasteiger partial charge in [0.25, 0.3) is 5.91 Å². The fourth-order valence-corrected chi connectivity index (χ4v) is 4.00. The zero-order valence-corrected chi connectivity index (χ0v) is 18.0. The molecule has 2 aliphatic heterocycles. The number of hydrogen-bond donors (Lipinski definition) is 0. The van der Waals surface area contributed by atoms with E-state index in [1.54, 1.807) is 17.1 Å². The number of benzene rings is 1. The molecular formula is C23H24N2O7. The van der Waals surface area contributed by atoms with E-state index in [1.807, 2.05) is 30.3 Å². The smallest absolute Gasteiger partial charge is 0.303 e. The van der Waals surface area contributed by atoms with Crippen molar-refractivity contribution in [2.75, 3.05) is 13.7 Å². The van der Waals surface area contributed by atoms with Crippen LogP contribution < -0.4 is 0 Å². The summed E-state index contributed by atoms with van der Waals surface area (Å²) in [4.78, 5) is 42.0. The van der Waals surface area contributed by atoms with Crippen LogP contribution in [0.3, 0.4) is 0 Å². The number of esters is 2. The maximum absolute atomic E-state index is 12.8. The van der Waals surface area contributed by atoms with Crippen molar-refractivity contribution in [3.63, 3.8) is 0 Å². The molecule has 0 aliphatic carbocycles. The summed E-state index contributed by atoms with van der Waals surface area (Å²) in [5.41, 5.74) is 2.12. The zero-order chi connectivity index (χ0) is 22.8. The third-order valence-corrected chi connectivity index (χ3v) is 5.35. The Hall–Kier alpha value is -3.30. The quantitative estimate of drug-likeness (QED) is 0.496. The summed E-state index contributed by atoms with van der Waals surface area (Å²) >= 11 is 0. The lowest BCUT2D eigenvalue weighted by Gasteiger charge is -2.22. The minimum atomic E-state index is -0.898. The zero-order valence-electron chi connectivity index (χ0n) is 18.0. The van der Waals surface area contributed by atoms with Crippen molar-refractivity contribution in [1.29, 1.82) is 0 Å². The van der Waals surface area contributed by atoms with Crippen LogP contribution in [-0.2, 0) is 35.1 Å². The maximum Gasteiger partial charge on any atom is 0.303 e. The van der Waals surface area contributed by atoms with Gasteiger partial charge in [-0.1, -0.05) is 30.4 Å². The summed E-state index contributed by atoms with van der Waals surface area (Å²) in [5.74, 6) is -1.22.